The predicted octanol–water partition coefficient (Wildman–Crippen LogP) is 5.60. The van der Waals surface area contributed by atoms with Gasteiger partial charge in [0.1, 0.15) is 0 Å². The number of piperidine rings is 1. The number of hydrogen-bond donors (Lipinski definition) is 0. The van der Waals surface area contributed by atoms with Crippen molar-refractivity contribution in [3.05, 3.63) is 0 Å². The maximum absolute atomic E-state index is 2.69. The second-order valence-corrected chi connectivity index (χ2v) is 6.67. The molecule has 1 aliphatic rings. The minimum Gasteiger partial charge on any atom is -0.303 e. The van der Waals surface area contributed by atoms with Crippen LogP contribution in [-0.2, 0) is 0 Å². The van der Waals surface area contributed by atoms with Gasteiger partial charge in [-0.15, -0.1) is 0 Å². The number of unbranched alkanes of at least 4 members (excludes halogenated alkanes) is 2. The third-order valence-corrected chi connectivity index (χ3v) is 4.33. The molecule has 0 aromatic heterocycles. The van der Waals surface area contributed by atoms with Crippen LogP contribution in [0.25, 0.3) is 0 Å². The lowest BCUT2D eigenvalue weighted by Crippen LogP contribution is -2.35. The van der Waals surface area contributed by atoms with Gasteiger partial charge in [-0.05, 0) is 56.7 Å². The summed E-state index contributed by atoms with van der Waals surface area (Å²) in [7, 11) is 0. The van der Waals surface area contributed by atoms with Gasteiger partial charge in [-0.25, -0.2) is 0 Å². The van der Waals surface area contributed by atoms with Crippen molar-refractivity contribution in [2.45, 2.75) is 80.1 Å². The van der Waals surface area contributed by atoms with Crippen molar-refractivity contribution in [2.24, 2.45) is 17.8 Å². The third kappa shape index (κ3) is 9.49. The van der Waals surface area contributed by atoms with Crippen molar-refractivity contribution >= 4 is 0 Å². The van der Waals surface area contributed by atoms with Crippen molar-refractivity contribution in [3.8, 4) is 0 Å². The number of nitrogens with zero attached hydrogens (tertiary/aromatic N) is 1. The van der Waals surface area contributed by atoms with Gasteiger partial charge in [0, 0.05) is 0 Å². The Balaban J connectivity index is 0.00000154. The second-order valence-electron chi connectivity index (χ2n) is 6.67. The van der Waals surface area contributed by atoms with Crippen LogP contribution in [0, 0.1) is 17.8 Å². The monoisotopic (exact) mass is 269 g/mol. The summed E-state index contributed by atoms with van der Waals surface area (Å²) in [6, 6.07) is 0. The summed E-state index contributed by atoms with van der Waals surface area (Å²) in [4.78, 5) is 2.69. The van der Waals surface area contributed by atoms with Crippen molar-refractivity contribution in [2.75, 3.05) is 19.6 Å². The zero-order valence-electron chi connectivity index (χ0n) is 14.5. The molecule has 0 aliphatic carbocycles. The van der Waals surface area contributed by atoms with Crippen LogP contribution < -0.4 is 0 Å². The Morgan fingerprint density at radius 1 is 0.895 bits per heavy atom. The van der Waals surface area contributed by atoms with Gasteiger partial charge in [0.25, 0.3) is 0 Å². The summed E-state index contributed by atoms with van der Waals surface area (Å²) >= 11 is 0. The molecule has 1 nitrogen and oxygen atoms in total. The van der Waals surface area contributed by atoms with Crippen LogP contribution in [0.3, 0.4) is 0 Å². The largest absolute Gasteiger partial charge is 0.303 e. The lowest BCUT2D eigenvalue weighted by Gasteiger charge is -2.33. The standard InChI is InChI=1S/C16H33N.C2H6/c1-14(2)8-6-5-7-11-17-12-9-16(10-13-17)15(3)4;1-2/h14-16H,5-13H2,1-4H3;1-2H3. The van der Waals surface area contributed by atoms with Gasteiger partial charge in [0.2, 0.25) is 0 Å². The van der Waals surface area contributed by atoms with Crippen LogP contribution in [0.1, 0.15) is 80.1 Å². The van der Waals surface area contributed by atoms with Gasteiger partial charge in [-0.2, -0.15) is 0 Å². The first kappa shape index (κ1) is 19.0. The first-order chi connectivity index (χ1) is 9.09. The fourth-order valence-electron chi connectivity index (χ4n) is 2.91. The molecule has 0 aromatic carbocycles. The van der Waals surface area contributed by atoms with Crippen molar-refractivity contribution in [1.82, 2.24) is 4.90 Å². The SMILES string of the molecule is CC.CC(C)CCCCCN1CCC(C(C)C)CC1. The molecule has 0 unspecified atom stereocenters. The Labute approximate surface area is 123 Å². The highest BCUT2D eigenvalue weighted by atomic mass is 15.1. The quantitative estimate of drug-likeness (QED) is 0.544. The molecular weight excluding hydrogens is 230 g/mol. The van der Waals surface area contributed by atoms with Gasteiger partial charge >= 0.3 is 0 Å². The lowest BCUT2D eigenvalue weighted by molar-refractivity contribution is 0.155. The Hall–Kier alpha value is -0.0400. The molecule has 0 radical (unpaired) electrons. The van der Waals surface area contributed by atoms with E-state index in [0.717, 1.165) is 17.8 Å². The van der Waals surface area contributed by atoms with Gasteiger partial charge in [-0.1, -0.05) is 60.8 Å². The van der Waals surface area contributed by atoms with Crippen LogP contribution in [-0.4, -0.2) is 24.5 Å². The average molecular weight is 270 g/mol. The van der Waals surface area contributed by atoms with E-state index in [4.69, 9.17) is 0 Å². The minimum atomic E-state index is 0.886. The van der Waals surface area contributed by atoms with Crippen molar-refractivity contribution in [3.63, 3.8) is 0 Å². The molecule has 0 aromatic rings. The Kier molecular flexibility index (Phi) is 11.7. The molecule has 0 N–H and O–H groups in total. The molecule has 0 saturated carbocycles. The maximum atomic E-state index is 2.69. The first-order valence-electron chi connectivity index (χ1n) is 8.82. The Bertz CT molecular complexity index is 178. The minimum absolute atomic E-state index is 0.886. The van der Waals surface area contributed by atoms with Gasteiger partial charge in [0.15, 0.2) is 0 Å². The highest BCUT2D eigenvalue weighted by Gasteiger charge is 2.20. The van der Waals surface area contributed by atoms with E-state index in [1.165, 1.54) is 58.2 Å². The van der Waals surface area contributed by atoms with Crippen LogP contribution in [0.5, 0.6) is 0 Å². The summed E-state index contributed by atoms with van der Waals surface area (Å²) in [6.07, 6.45) is 8.56. The van der Waals surface area contributed by atoms with E-state index in [0.29, 0.717) is 0 Å². The fourth-order valence-corrected chi connectivity index (χ4v) is 2.91. The zero-order valence-corrected chi connectivity index (χ0v) is 14.5. The summed E-state index contributed by atoms with van der Waals surface area (Å²) < 4.78 is 0. The van der Waals surface area contributed by atoms with E-state index in [1.807, 2.05) is 13.8 Å². The average Bonchev–Trinajstić information content (AvgIpc) is 2.41. The molecule has 116 valence electrons. The lowest BCUT2D eigenvalue weighted by atomic mass is 9.86. The summed E-state index contributed by atoms with van der Waals surface area (Å²) in [5, 5.41) is 0. The van der Waals surface area contributed by atoms with E-state index in [2.05, 4.69) is 32.6 Å². The highest BCUT2D eigenvalue weighted by molar-refractivity contribution is 4.74. The smallest absolute Gasteiger partial charge is 0.00160 e. The van der Waals surface area contributed by atoms with E-state index in [9.17, 15) is 0 Å². The topological polar surface area (TPSA) is 3.24 Å². The molecule has 1 fully saturated rings. The zero-order chi connectivity index (χ0) is 14.7. The van der Waals surface area contributed by atoms with E-state index in [-0.39, 0.29) is 0 Å². The Morgan fingerprint density at radius 3 is 1.95 bits per heavy atom. The molecule has 1 aliphatic heterocycles. The molecule has 0 spiro atoms. The second kappa shape index (κ2) is 11.8. The molecule has 1 heteroatoms. The number of hydrogen-bond acceptors (Lipinski definition) is 1. The van der Waals surface area contributed by atoms with Gasteiger partial charge in [-0.3, -0.25) is 0 Å². The molecule has 1 saturated heterocycles. The van der Waals surface area contributed by atoms with Crippen LogP contribution in [0.15, 0.2) is 0 Å². The van der Waals surface area contributed by atoms with Crippen LogP contribution in [0.2, 0.25) is 0 Å². The molecule has 1 rings (SSSR count). The van der Waals surface area contributed by atoms with Crippen molar-refractivity contribution < 1.29 is 0 Å². The Morgan fingerprint density at radius 2 is 1.47 bits per heavy atom. The van der Waals surface area contributed by atoms with E-state index < -0.39 is 0 Å². The number of likely N-dealkylation sites (tertiary alicyclic amines) is 1. The predicted molar refractivity (Wildman–Crippen MR) is 88.7 cm³/mol. The van der Waals surface area contributed by atoms with E-state index in [1.54, 1.807) is 0 Å². The van der Waals surface area contributed by atoms with Crippen LogP contribution >= 0.6 is 0 Å². The third-order valence-electron chi connectivity index (χ3n) is 4.33. The maximum Gasteiger partial charge on any atom is -0.00160 e. The van der Waals surface area contributed by atoms with Crippen molar-refractivity contribution in [1.29, 1.82) is 0 Å². The van der Waals surface area contributed by atoms with Gasteiger partial charge < -0.3 is 4.90 Å². The summed E-state index contributed by atoms with van der Waals surface area (Å²) in [5.41, 5.74) is 0. The molecule has 1 heterocycles. The molecule has 0 bridgehead atoms. The summed E-state index contributed by atoms with van der Waals surface area (Å²) in [5.74, 6) is 2.77. The normalized spacial score (nSPS) is 17.7. The van der Waals surface area contributed by atoms with E-state index >= 15 is 0 Å². The van der Waals surface area contributed by atoms with Crippen LogP contribution in [0.4, 0.5) is 0 Å². The fraction of sp³-hybridized carbons (Fsp3) is 1.00. The molecular formula is C18H39N. The van der Waals surface area contributed by atoms with Gasteiger partial charge in [0.05, 0.1) is 0 Å². The number of rotatable bonds is 7. The molecule has 0 atom stereocenters. The summed E-state index contributed by atoms with van der Waals surface area (Å²) in [6.45, 7) is 17.5. The highest BCUT2D eigenvalue weighted by Crippen LogP contribution is 2.24. The first-order valence-corrected chi connectivity index (χ1v) is 8.82. The molecule has 0 amide bonds. The molecule has 19 heavy (non-hydrogen) atoms.